The predicted octanol–water partition coefficient (Wildman–Crippen LogP) is 5.90. The number of benzene rings is 3. The van der Waals surface area contributed by atoms with E-state index in [4.69, 9.17) is 27.9 Å². The molecule has 0 spiro atoms. The number of aryl methyl sites for hydroxylation is 1. The van der Waals surface area contributed by atoms with Gasteiger partial charge in [-0.25, -0.2) is 0 Å². The van der Waals surface area contributed by atoms with Gasteiger partial charge in [-0.2, -0.15) is 0 Å². The quantitative estimate of drug-likeness (QED) is 0.260. The van der Waals surface area contributed by atoms with Crippen LogP contribution >= 0.6 is 23.2 Å². The maximum atomic E-state index is 13.3. The monoisotopic (exact) mass is 497 g/mol. The van der Waals surface area contributed by atoms with Gasteiger partial charge in [-0.05, 0) is 53.9 Å². The Morgan fingerprint density at radius 2 is 1.68 bits per heavy atom. The number of anilines is 1. The molecular formula is C26H21Cl2NO5. The Morgan fingerprint density at radius 3 is 2.26 bits per heavy atom. The summed E-state index contributed by atoms with van der Waals surface area (Å²) in [4.78, 5) is 27.9. The van der Waals surface area contributed by atoms with Crippen LogP contribution < -0.4 is 9.64 Å². The molecule has 1 heterocycles. The minimum absolute atomic E-state index is 0.0243. The van der Waals surface area contributed by atoms with Crippen LogP contribution in [-0.4, -0.2) is 29.0 Å². The second-order valence-corrected chi connectivity index (χ2v) is 8.59. The molecule has 4 rings (SSSR count). The molecule has 6 nitrogen and oxygen atoms in total. The lowest BCUT2D eigenvalue weighted by Gasteiger charge is -2.26. The van der Waals surface area contributed by atoms with Crippen LogP contribution in [0.3, 0.4) is 0 Å². The van der Waals surface area contributed by atoms with E-state index in [-0.39, 0.29) is 32.7 Å². The number of halogens is 2. The smallest absolute Gasteiger partial charge is 0.300 e. The number of nitrogens with zero attached hydrogens (tertiary/aromatic N) is 1. The highest BCUT2D eigenvalue weighted by atomic mass is 35.5. The second-order valence-electron chi connectivity index (χ2n) is 7.75. The molecule has 34 heavy (non-hydrogen) atoms. The highest BCUT2D eigenvalue weighted by Crippen LogP contribution is 2.45. The van der Waals surface area contributed by atoms with Gasteiger partial charge in [0.25, 0.3) is 11.7 Å². The third-order valence-electron chi connectivity index (χ3n) is 5.74. The predicted molar refractivity (Wildman–Crippen MR) is 132 cm³/mol. The highest BCUT2D eigenvalue weighted by molar-refractivity contribution is 6.51. The molecule has 0 radical (unpaired) electrons. The van der Waals surface area contributed by atoms with E-state index < -0.39 is 23.5 Å². The van der Waals surface area contributed by atoms with Crippen LogP contribution in [0, 0.1) is 0 Å². The van der Waals surface area contributed by atoms with Crippen molar-refractivity contribution < 1.29 is 24.5 Å². The van der Waals surface area contributed by atoms with Crippen molar-refractivity contribution in [2.24, 2.45) is 0 Å². The summed E-state index contributed by atoms with van der Waals surface area (Å²) in [6.07, 6.45) is 0.815. The number of ketones is 1. The van der Waals surface area contributed by atoms with Gasteiger partial charge in [0.15, 0.2) is 0 Å². The van der Waals surface area contributed by atoms with Gasteiger partial charge in [0.1, 0.15) is 17.3 Å². The van der Waals surface area contributed by atoms with E-state index in [2.05, 4.69) is 0 Å². The van der Waals surface area contributed by atoms with Gasteiger partial charge in [-0.15, -0.1) is 0 Å². The lowest BCUT2D eigenvalue weighted by molar-refractivity contribution is -0.132. The number of amides is 1. The van der Waals surface area contributed by atoms with Crippen molar-refractivity contribution in [2.45, 2.75) is 19.4 Å². The van der Waals surface area contributed by atoms with Gasteiger partial charge in [0.2, 0.25) is 0 Å². The number of methoxy groups -OCH3 is 1. The lowest BCUT2D eigenvalue weighted by Crippen LogP contribution is -2.29. The van der Waals surface area contributed by atoms with Crippen molar-refractivity contribution in [1.29, 1.82) is 0 Å². The Labute approximate surface area is 206 Å². The maximum absolute atomic E-state index is 13.3. The third kappa shape index (κ3) is 4.11. The first-order valence-electron chi connectivity index (χ1n) is 10.5. The molecule has 1 aliphatic heterocycles. The molecule has 0 aliphatic carbocycles. The van der Waals surface area contributed by atoms with Gasteiger partial charge in [-0.3, -0.25) is 14.5 Å². The Kier molecular flexibility index (Phi) is 6.55. The molecule has 0 saturated carbocycles. The fourth-order valence-electron chi connectivity index (χ4n) is 4.05. The van der Waals surface area contributed by atoms with Crippen LogP contribution in [0.2, 0.25) is 10.0 Å². The minimum atomic E-state index is -0.962. The van der Waals surface area contributed by atoms with Crippen molar-refractivity contribution >= 4 is 46.3 Å². The number of hydrogen-bond acceptors (Lipinski definition) is 5. The number of aliphatic hydroxyl groups excluding tert-OH is 1. The van der Waals surface area contributed by atoms with E-state index in [0.29, 0.717) is 11.3 Å². The van der Waals surface area contributed by atoms with Gasteiger partial charge in [0, 0.05) is 10.7 Å². The number of carbonyl (C=O) groups excluding carboxylic acids is 2. The van der Waals surface area contributed by atoms with Gasteiger partial charge >= 0.3 is 0 Å². The molecule has 2 N–H and O–H groups in total. The summed E-state index contributed by atoms with van der Waals surface area (Å²) in [5.74, 6) is -1.99. The zero-order valence-corrected chi connectivity index (χ0v) is 19.9. The van der Waals surface area contributed by atoms with Crippen molar-refractivity contribution in [2.75, 3.05) is 12.0 Å². The summed E-state index contributed by atoms with van der Waals surface area (Å²) in [5, 5.41) is 21.5. The molecule has 1 fully saturated rings. The molecule has 3 aromatic carbocycles. The summed E-state index contributed by atoms with van der Waals surface area (Å²) < 4.78 is 5.34. The van der Waals surface area contributed by atoms with Crippen LogP contribution in [0.25, 0.3) is 5.76 Å². The SMILES string of the molecule is CCc1ccc(N2C(=O)C(=O)/C(=C(/O)c3cc(Cl)cc(Cl)c3OC)C2c2ccc(O)cc2)cc1. The Morgan fingerprint density at radius 1 is 1.03 bits per heavy atom. The first kappa shape index (κ1) is 23.7. The van der Waals surface area contributed by atoms with Gasteiger partial charge in [-0.1, -0.05) is 54.4 Å². The maximum Gasteiger partial charge on any atom is 0.300 e. The fourth-order valence-corrected chi connectivity index (χ4v) is 4.62. The minimum Gasteiger partial charge on any atom is -0.508 e. The highest BCUT2D eigenvalue weighted by Gasteiger charge is 2.47. The first-order chi connectivity index (χ1) is 16.3. The number of carbonyl (C=O) groups is 2. The van der Waals surface area contributed by atoms with E-state index in [1.54, 1.807) is 24.3 Å². The average molecular weight is 498 g/mol. The van der Waals surface area contributed by atoms with E-state index in [9.17, 15) is 19.8 Å². The molecule has 1 amide bonds. The fraction of sp³-hybridized carbons (Fsp3) is 0.154. The average Bonchev–Trinajstić information content (AvgIpc) is 3.09. The zero-order chi connectivity index (χ0) is 24.6. The number of aromatic hydroxyl groups is 1. The molecular weight excluding hydrogens is 477 g/mol. The number of aliphatic hydroxyl groups is 1. The molecule has 174 valence electrons. The van der Waals surface area contributed by atoms with Crippen molar-refractivity contribution in [3.63, 3.8) is 0 Å². The Hall–Kier alpha value is -3.48. The molecule has 0 bridgehead atoms. The molecule has 1 aliphatic rings. The number of Topliss-reactive ketones (excluding diaryl/α,β-unsaturated/α-hetero) is 1. The summed E-state index contributed by atoms with van der Waals surface area (Å²) in [6.45, 7) is 2.02. The Bertz CT molecular complexity index is 1300. The Balaban J connectivity index is 1.98. The van der Waals surface area contributed by atoms with E-state index in [1.165, 1.54) is 36.3 Å². The van der Waals surface area contributed by atoms with Crippen molar-refractivity contribution in [3.8, 4) is 11.5 Å². The van der Waals surface area contributed by atoms with Crippen LogP contribution in [0.15, 0.2) is 66.2 Å². The summed E-state index contributed by atoms with van der Waals surface area (Å²) in [7, 11) is 1.37. The van der Waals surface area contributed by atoms with Gasteiger partial charge < -0.3 is 14.9 Å². The number of ether oxygens (including phenoxy) is 1. The van der Waals surface area contributed by atoms with Crippen LogP contribution in [-0.2, 0) is 16.0 Å². The molecule has 1 atom stereocenters. The molecule has 3 aromatic rings. The van der Waals surface area contributed by atoms with E-state index in [1.807, 2.05) is 19.1 Å². The number of phenols is 1. The first-order valence-corrected chi connectivity index (χ1v) is 11.2. The van der Waals surface area contributed by atoms with Crippen LogP contribution in [0.1, 0.15) is 29.7 Å². The summed E-state index contributed by atoms with van der Waals surface area (Å²) in [6, 6.07) is 15.3. The third-order valence-corrected chi connectivity index (χ3v) is 6.24. The van der Waals surface area contributed by atoms with Gasteiger partial charge in [0.05, 0.1) is 29.3 Å². The number of rotatable bonds is 5. The largest absolute Gasteiger partial charge is 0.508 e. The summed E-state index contributed by atoms with van der Waals surface area (Å²) >= 11 is 12.4. The van der Waals surface area contributed by atoms with Crippen LogP contribution in [0.5, 0.6) is 11.5 Å². The molecule has 0 aromatic heterocycles. The number of hydrogen-bond donors (Lipinski definition) is 2. The van der Waals surface area contributed by atoms with E-state index in [0.717, 1.165) is 12.0 Å². The lowest BCUT2D eigenvalue weighted by atomic mass is 9.94. The number of phenolic OH excluding ortho intramolecular Hbond substituents is 1. The van der Waals surface area contributed by atoms with Crippen LogP contribution in [0.4, 0.5) is 5.69 Å². The van der Waals surface area contributed by atoms with Crippen molar-refractivity contribution in [1.82, 2.24) is 0 Å². The second kappa shape index (κ2) is 9.41. The van der Waals surface area contributed by atoms with Crippen molar-refractivity contribution in [3.05, 3.63) is 93.0 Å². The summed E-state index contributed by atoms with van der Waals surface area (Å²) in [5.41, 5.74) is 2.02. The zero-order valence-electron chi connectivity index (χ0n) is 18.4. The standard InChI is InChI=1S/C26H21Cl2NO5/c1-3-14-4-8-17(9-5-14)29-22(15-6-10-18(30)11-7-15)21(24(32)26(29)33)23(31)19-12-16(27)13-20(28)25(19)34-2/h4-13,22,30-31H,3H2,1-2H3/b23-21+. The van der Waals surface area contributed by atoms with E-state index >= 15 is 0 Å². The molecule has 1 saturated heterocycles. The topological polar surface area (TPSA) is 87.1 Å². The normalized spacial score (nSPS) is 17.3. The molecule has 8 heteroatoms. The molecule has 1 unspecified atom stereocenters.